The van der Waals surface area contributed by atoms with E-state index >= 15 is 0 Å². The molecule has 0 amide bonds. The lowest BCUT2D eigenvalue weighted by atomic mass is 10.2. The lowest BCUT2D eigenvalue weighted by Gasteiger charge is -2.10. The number of rotatable bonds is 5. The van der Waals surface area contributed by atoms with Crippen LogP contribution in [0.25, 0.3) is 10.9 Å². The third kappa shape index (κ3) is 2.87. The van der Waals surface area contributed by atoms with Crippen LogP contribution < -0.4 is 9.47 Å². The average Bonchev–Trinajstić information content (AvgIpc) is 2.43. The smallest absolute Gasteiger partial charge is 0.313 e. The first-order chi connectivity index (χ1) is 9.15. The molecule has 1 heterocycles. The molecule has 0 spiro atoms. The quantitative estimate of drug-likeness (QED) is 0.660. The molecule has 0 aliphatic heterocycles. The molecule has 0 bridgehead atoms. The van der Waals surface area contributed by atoms with E-state index in [0.29, 0.717) is 22.0 Å². The van der Waals surface area contributed by atoms with Gasteiger partial charge in [0.05, 0.1) is 25.5 Å². The molecule has 0 saturated heterocycles. The van der Waals surface area contributed by atoms with Gasteiger partial charge in [-0.05, 0) is 6.07 Å². The van der Waals surface area contributed by atoms with E-state index in [1.54, 1.807) is 19.2 Å². The Bertz CT molecular complexity index is 618. The minimum absolute atomic E-state index is 0.0551. The van der Waals surface area contributed by atoms with Crippen LogP contribution in [0.15, 0.2) is 23.5 Å². The summed E-state index contributed by atoms with van der Waals surface area (Å²) in [5.41, 5.74) is 0.681. The second kappa shape index (κ2) is 5.75. The molecule has 7 heteroatoms. The van der Waals surface area contributed by atoms with Crippen LogP contribution >= 0.6 is 11.8 Å². The van der Waals surface area contributed by atoms with Crippen molar-refractivity contribution in [2.24, 2.45) is 0 Å². The molecule has 2 aromatic rings. The van der Waals surface area contributed by atoms with Gasteiger partial charge in [-0.25, -0.2) is 9.97 Å². The first-order valence-corrected chi connectivity index (χ1v) is 6.35. The Morgan fingerprint density at radius 3 is 2.58 bits per heavy atom. The van der Waals surface area contributed by atoms with Crippen LogP contribution in [-0.4, -0.2) is 41.0 Å². The Morgan fingerprint density at radius 1 is 1.26 bits per heavy atom. The van der Waals surface area contributed by atoms with E-state index in [0.717, 1.165) is 17.1 Å². The van der Waals surface area contributed by atoms with Crippen LogP contribution in [0, 0.1) is 0 Å². The van der Waals surface area contributed by atoms with Crippen molar-refractivity contribution in [2.75, 3.05) is 20.0 Å². The largest absolute Gasteiger partial charge is 0.493 e. The Balaban J connectivity index is 2.51. The molecule has 0 aliphatic carbocycles. The molecule has 0 atom stereocenters. The number of ether oxygens (including phenoxy) is 2. The minimum atomic E-state index is -0.891. The molecule has 0 fully saturated rings. The van der Waals surface area contributed by atoms with Crippen LogP contribution in [0.2, 0.25) is 0 Å². The first kappa shape index (κ1) is 13.4. The van der Waals surface area contributed by atoms with E-state index in [9.17, 15) is 4.79 Å². The highest BCUT2D eigenvalue weighted by Crippen LogP contribution is 2.34. The van der Waals surface area contributed by atoms with Crippen molar-refractivity contribution in [3.63, 3.8) is 0 Å². The van der Waals surface area contributed by atoms with Gasteiger partial charge in [0.2, 0.25) is 0 Å². The van der Waals surface area contributed by atoms with Gasteiger partial charge in [0, 0.05) is 11.5 Å². The van der Waals surface area contributed by atoms with E-state index in [2.05, 4.69) is 9.97 Å². The molecule has 0 radical (unpaired) electrons. The lowest BCUT2D eigenvalue weighted by molar-refractivity contribution is -0.133. The second-order valence-corrected chi connectivity index (χ2v) is 4.55. The van der Waals surface area contributed by atoms with Gasteiger partial charge in [-0.3, -0.25) is 4.79 Å². The second-order valence-electron chi connectivity index (χ2n) is 3.59. The zero-order valence-corrected chi connectivity index (χ0v) is 11.2. The molecule has 2 rings (SSSR count). The van der Waals surface area contributed by atoms with Gasteiger partial charge >= 0.3 is 5.97 Å². The summed E-state index contributed by atoms with van der Waals surface area (Å²) >= 11 is 1.14. The highest BCUT2D eigenvalue weighted by atomic mass is 32.2. The van der Waals surface area contributed by atoms with E-state index in [4.69, 9.17) is 14.6 Å². The number of carbonyl (C=O) groups is 1. The Hall–Kier alpha value is -2.02. The summed E-state index contributed by atoms with van der Waals surface area (Å²) < 4.78 is 10.4. The van der Waals surface area contributed by atoms with Crippen LogP contribution in [0.1, 0.15) is 0 Å². The number of nitrogens with zero attached hydrogens (tertiary/aromatic N) is 2. The number of aliphatic carboxylic acids is 1. The van der Waals surface area contributed by atoms with Gasteiger partial charge in [0.15, 0.2) is 11.5 Å². The number of carboxylic acid groups (broad SMARTS) is 1. The van der Waals surface area contributed by atoms with Crippen molar-refractivity contribution in [2.45, 2.75) is 5.03 Å². The van der Waals surface area contributed by atoms with Crippen LogP contribution in [-0.2, 0) is 4.79 Å². The van der Waals surface area contributed by atoms with Gasteiger partial charge < -0.3 is 14.6 Å². The van der Waals surface area contributed by atoms with Crippen molar-refractivity contribution >= 4 is 28.6 Å². The molecular formula is C12H12N2O4S. The summed E-state index contributed by atoms with van der Waals surface area (Å²) in [5, 5.41) is 10.1. The van der Waals surface area contributed by atoms with Crippen molar-refractivity contribution in [3.05, 3.63) is 18.5 Å². The third-order valence-electron chi connectivity index (χ3n) is 2.44. The summed E-state index contributed by atoms with van der Waals surface area (Å²) in [6, 6.07) is 3.49. The standard InChI is InChI=1S/C12H12N2O4S/c1-17-9-3-7-8(4-10(9)18-2)13-6-14-12(7)19-5-11(15)16/h3-4,6H,5H2,1-2H3,(H,15,16). The summed E-state index contributed by atoms with van der Waals surface area (Å²) in [7, 11) is 3.09. The van der Waals surface area contributed by atoms with E-state index in [1.807, 2.05) is 0 Å². The molecule has 6 nitrogen and oxygen atoms in total. The molecule has 0 saturated carbocycles. The normalized spacial score (nSPS) is 10.4. The molecule has 1 aromatic carbocycles. The maximum atomic E-state index is 10.6. The zero-order chi connectivity index (χ0) is 13.8. The fraction of sp³-hybridized carbons (Fsp3) is 0.250. The Kier molecular flexibility index (Phi) is 4.06. The molecule has 1 N–H and O–H groups in total. The predicted molar refractivity (Wildman–Crippen MR) is 71.0 cm³/mol. The predicted octanol–water partition coefficient (Wildman–Crippen LogP) is 1.82. The number of aromatic nitrogens is 2. The van der Waals surface area contributed by atoms with E-state index in [1.165, 1.54) is 13.4 Å². The number of hydrogen-bond acceptors (Lipinski definition) is 6. The molecule has 0 unspecified atom stereocenters. The highest BCUT2D eigenvalue weighted by molar-refractivity contribution is 8.00. The Labute approximate surface area is 113 Å². The SMILES string of the molecule is COc1cc2ncnc(SCC(=O)O)c2cc1OC. The maximum Gasteiger partial charge on any atom is 0.313 e. The Morgan fingerprint density at radius 2 is 1.95 bits per heavy atom. The van der Waals surface area contributed by atoms with Gasteiger partial charge in [-0.2, -0.15) is 0 Å². The lowest BCUT2D eigenvalue weighted by Crippen LogP contribution is -1.99. The number of methoxy groups -OCH3 is 2. The van der Waals surface area contributed by atoms with Crippen molar-refractivity contribution in [1.82, 2.24) is 9.97 Å². The van der Waals surface area contributed by atoms with Gasteiger partial charge in [0.25, 0.3) is 0 Å². The third-order valence-corrected chi connectivity index (χ3v) is 3.43. The van der Waals surface area contributed by atoms with Gasteiger partial charge in [-0.1, -0.05) is 11.8 Å². The summed E-state index contributed by atoms with van der Waals surface area (Å²) in [6.07, 6.45) is 1.40. The fourth-order valence-electron chi connectivity index (χ4n) is 1.60. The molecule has 0 aliphatic rings. The number of carboxylic acids is 1. The number of fused-ring (bicyclic) bond motifs is 1. The van der Waals surface area contributed by atoms with Crippen LogP contribution in [0.4, 0.5) is 0 Å². The van der Waals surface area contributed by atoms with Crippen molar-refractivity contribution in [1.29, 1.82) is 0 Å². The molecular weight excluding hydrogens is 268 g/mol. The monoisotopic (exact) mass is 280 g/mol. The van der Waals surface area contributed by atoms with Crippen LogP contribution in [0.5, 0.6) is 11.5 Å². The fourth-order valence-corrected chi connectivity index (χ4v) is 2.31. The summed E-state index contributed by atoms with van der Waals surface area (Å²) in [4.78, 5) is 18.9. The van der Waals surface area contributed by atoms with E-state index < -0.39 is 5.97 Å². The number of benzene rings is 1. The maximum absolute atomic E-state index is 10.6. The van der Waals surface area contributed by atoms with Gasteiger partial charge in [0.1, 0.15) is 11.4 Å². The van der Waals surface area contributed by atoms with Crippen LogP contribution in [0.3, 0.4) is 0 Å². The summed E-state index contributed by atoms with van der Waals surface area (Å²) in [5.74, 6) is 0.183. The summed E-state index contributed by atoms with van der Waals surface area (Å²) in [6.45, 7) is 0. The zero-order valence-electron chi connectivity index (χ0n) is 10.4. The average molecular weight is 280 g/mol. The number of thioether (sulfide) groups is 1. The van der Waals surface area contributed by atoms with Crippen molar-refractivity contribution in [3.8, 4) is 11.5 Å². The van der Waals surface area contributed by atoms with Crippen molar-refractivity contribution < 1.29 is 19.4 Å². The topological polar surface area (TPSA) is 81.5 Å². The molecule has 100 valence electrons. The molecule has 1 aromatic heterocycles. The van der Waals surface area contributed by atoms with E-state index in [-0.39, 0.29) is 5.75 Å². The molecule has 19 heavy (non-hydrogen) atoms. The first-order valence-electron chi connectivity index (χ1n) is 5.37. The minimum Gasteiger partial charge on any atom is -0.493 e. The number of hydrogen-bond donors (Lipinski definition) is 1. The van der Waals surface area contributed by atoms with Gasteiger partial charge in [-0.15, -0.1) is 0 Å². The highest BCUT2D eigenvalue weighted by Gasteiger charge is 2.12.